The number of imidazole rings is 1. The van der Waals surface area contributed by atoms with E-state index in [4.69, 9.17) is 4.74 Å². The number of carbonyl (C=O) groups excluding carboxylic acids is 2. The molecule has 4 rings (SSSR count). The van der Waals surface area contributed by atoms with Crippen molar-refractivity contribution in [1.82, 2.24) is 15.3 Å². The highest BCUT2D eigenvalue weighted by molar-refractivity contribution is 5.96. The quantitative estimate of drug-likeness (QED) is 0.748. The Hall–Kier alpha value is -3.35. The van der Waals surface area contributed by atoms with Gasteiger partial charge in [-0.3, -0.25) is 9.59 Å². The van der Waals surface area contributed by atoms with Crippen LogP contribution in [0.4, 0.5) is 5.69 Å². The van der Waals surface area contributed by atoms with E-state index in [-0.39, 0.29) is 24.4 Å². The number of rotatable bonds is 3. The van der Waals surface area contributed by atoms with E-state index < -0.39 is 6.10 Å². The highest BCUT2D eigenvalue weighted by Gasteiger charge is 2.33. The van der Waals surface area contributed by atoms with E-state index in [1.54, 1.807) is 11.0 Å². The number of anilines is 1. The van der Waals surface area contributed by atoms with Gasteiger partial charge in [-0.2, -0.15) is 0 Å². The number of H-pyrrole nitrogens is 1. The molecule has 27 heavy (non-hydrogen) atoms. The van der Waals surface area contributed by atoms with Gasteiger partial charge in [-0.05, 0) is 31.2 Å². The summed E-state index contributed by atoms with van der Waals surface area (Å²) in [5.74, 6) is 0.775. The number of para-hydroxylation sites is 4. The maximum absolute atomic E-state index is 12.8. The van der Waals surface area contributed by atoms with Gasteiger partial charge in [-0.25, -0.2) is 4.98 Å². The van der Waals surface area contributed by atoms with Gasteiger partial charge in [-0.1, -0.05) is 24.3 Å². The summed E-state index contributed by atoms with van der Waals surface area (Å²) in [6.45, 7) is 3.51. The molecule has 2 N–H and O–H groups in total. The Labute approximate surface area is 156 Å². The van der Waals surface area contributed by atoms with Gasteiger partial charge >= 0.3 is 0 Å². The molecule has 0 aliphatic carbocycles. The van der Waals surface area contributed by atoms with Gasteiger partial charge in [0.2, 0.25) is 5.91 Å². The lowest BCUT2D eigenvalue weighted by atomic mass is 10.1. The molecule has 1 aromatic heterocycles. The van der Waals surface area contributed by atoms with E-state index in [9.17, 15) is 9.59 Å². The summed E-state index contributed by atoms with van der Waals surface area (Å²) in [4.78, 5) is 34.0. The van der Waals surface area contributed by atoms with E-state index in [0.29, 0.717) is 17.3 Å². The molecular formula is C20H20N4O3. The number of benzene rings is 2. The molecule has 0 bridgehead atoms. The van der Waals surface area contributed by atoms with E-state index in [2.05, 4.69) is 15.3 Å². The van der Waals surface area contributed by atoms with Gasteiger partial charge in [0.1, 0.15) is 11.6 Å². The zero-order valence-corrected chi connectivity index (χ0v) is 15.1. The van der Waals surface area contributed by atoms with E-state index in [0.717, 1.165) is 11.0 Å². The first-order valence-corrected chi connectivity index (χ1v) is 8.82. The molecule has 138 valence electrons. The monoisotopic (exact) mass is 364 g/mol. The predicted molar refractivity (Wildman–Crippen MR) is 102 cm³/mol. The van der Waals surface area contributed by atoms with Crippen molar-refractivity contribution < 1.29 is 14.3 Å². The van der Waals surface area contributed by atoms with Crippen LogP contribution in [0.3, 0.4) is 0 Å². The predicted octanol–water partition coefficient (Wildman–Crippen LogP) is 2.55. The molecule has 3 aromatic rings. The highest BCUT2D eigenvalue weighted by Crippen LogP contribution is 2.33. The van der Waals surface area contributed by atoms with Crippen LogP contribution >= 0.6 is 0 Å². The van der Waals surface area contributed by atoms with Crippen molar-refractivity contribution >= 4 is 28.5 Å². The zero-order chi connectivity index (χ0) is 19.0. The standard InChI is InChI=1S/C20H20N4O3/c1-12(19-22-14-7-3-4-8-15(14)23-19)21-20(26)18-11-24(13(2)25)16-9-5-6-10-17(16)27-18/h3-10,12,18H,11H2,1-2H3,(H,21,26)(H,22,23)/t12-,18?/m0/s1. The molecule has 0 radical (unpaired) electrons. The molecule has 2 atom stereocenters. The van der Waals surface area contributed by atoms with Gasteiger partial charge in [0.05, 0.1) is 29.3 Å². The van der Waals surface area contributed by atoms with E-state index >= 15 is 0 Å². The van der Waals surface area contributed by atoms with Crippen LogP contribution in [0.1, 0.15) is 25.7 Å². The number of ether oxygens (including phenoxy) is 1. The van der Waals surface area contributed by atoms with Crippen molar-refractivity contribution in [3.63, 3.8) is 0 Å². The minimum Gasteiger partial charge on any atom is -0.477 e. The molecule has 2 amide bonds. The number of nitrogens with one attached hydrogen (secondary N) is 2. The highest BCUT2D eigenvalue weighted by atomic mass is 16.5. The Bertz CT molecular complexity index is 980. The molecule has 0 saturated heterocycles. The van der Waals surface area contributed by atoms with Crippen molar-refractivity contribution in [3.8, 4) is 5.75 Å². The van der Waals surface area contributed by atoms with Crippen LogP contribution in [0.15, 0.2) is 48.5 Å². The largest absolute Gasteiger partial charge is 0.477 e. The zero-order valence-electron chi connectivity index (χ0n) is 15.1. The van der Waals surface area contributed by atoms with Crippen molar-refractivity contribution in [2.75, 3.05) is 11.4 Å². The van der Waals surface area contributed by atoms with Crippen molar-refractivity contribution in [1.29, 1.82) is 0 Å². The van der Waals surface area contributed by atoms with E-state index in [1.807, 2.05) is 49.4 Å². The molecule has 1 unspecified atom stereocenters. The van der Waals surface area contributed by atoms with Crippen LogP contribution in [0.2, 0.25) is 0 Å². The topological polar surface area (TPSA) is 87.3 Å². The molecule has 7 nitrogen and oxygen atoms in total. The maximum atomic E-state index is 12.8. The fourth-order valence-corrected chi connectivity index (χ4v) is 3.22. The summed E-state index contributed by atoms with van der Waals surface area (Å²) in [6.07, 6.45) is -0.782. The average Bonchev–Trinajstić information content (AvgIpc) is 3.11. The fraction of sp³-hybridized carbons (Fsp3) is 0.250. The van der Waals surface area contributed by atoms with Crippen LogP contribution in [0.25, 0.3) is 11.0 Å². The van der Waals surface area contributed by atoms with Gasteiger partial charge in [-0.15, -0.1) is 0 Å². The lowest BCUT2D eigenvalue weighted by Crippen LogP contribution is -2.50. The third kappa shape index (κ3) is 3.23. The van der Waals surface area contributed by atoms with Crippen LogP contribution in [-0.4, -0.2) is 34.4 Å². The lowest BCUT2D eigenvalue weighted by molar-refractivity contribution is -0.129. The summed E-state index contributed by atoms with van der Waals surface area (Å²) >= 11 is 0. The first-order valence-electron chi connectivity index (χ1n) is 8.82. The Kier molecular flexibility index (Phi) is 4.27. The molecule has 0 spiro atoms. The number of carbonyl (C=O) groups is 2. The van der Waals surface area contributed by atoms with Gasteiger partial charge in [0, 0.05) is 6.92 Å². The number of aromatic amines is 1. The van der Waals surface area contributed by atoms with Crippen molar-refractivity contribution in [2.45, 2.75) is 26.0 Å². The summed E-state index contributed by atoms with van der Waals surface area (Å²) < 4.78 is 5.83. The number of hydrogen-bond donors (Lipinski definition) is 2. The Morgan fingerprint density at radius 2 is 1.96 bits per heavy atom. The van der Waals surface area contributed by atoms with Crippen LogP contribution in [0, 0.1) is 0 Å². The van der Waals surface area contributed by atoms with Crippen molar-refractivity contribution in [2.24, 2.45) is 0 Å². The SMILES string of the molecule is CC(=O)N1CC(C(=O)N[C@@H](C)c2nc3ccccc3[nH]2)Oc2ccccc21. The molecule has 0 saturated carbocycles. The second kappa shape index (κ2) is 6.75. The number of aromatic nitrogens is 2. The summed E-state index contributed by atoms with van der Waals surface area (Å²) in [5, 5.41) is 2.92. The third-order valence-corrected chi connectivity index (χ3v) is 4.62. The number of hydrogen-bond acceptors (Lipinski definition) is 4. The molecule has 7 heteroatoms. The fourth-order valence-electron chi connectivity index (χ4n) is 3.22. The summed E-state index contributed by atoms with van der Waals surface area (Å²) in [7, 11) is 0. The van der Waals surface area contributed by atoms with Crippen LogP contribution in [0.5, 0.6) is 5.75 Å². The third-order valence-electron chi connectivity index (χ3n) is 4.62. The van der Waals surface area contributed by atoms with Crippen LogP contribution in [-0.2, 0) is 9.59 Å². The first kappa shape index (κ1) is 17.1. The molecule has 2 heterocycles. The normalized spacial score (nSPS) is 17.1. The summed E-state index contributed by atoms with van der Waals surface area (Å²) in [6, 6.07) is 14.6. The van der Waals surface area contributed by atoms with Crippen LogP contribution < -0.4 is 15.0 Å². The van der Waals surface area contributed by atoms with Gasteiger partial charge < -0.3 is 19.9 Å². The maximum Gasteiger partial charge on any atom is 0.263 e. The number of amides is 2. The Balaban J connectivity index is 1.52. The molecule has 2 aromatic carbocycles. The summed E-state index contributed by atoms with van der Waals surface area (Å²) in [5.41, 5.74) is 2.44. The number of nitrogens with zero attached hydrogens (tertiary/aromatic N) is 2. The first-order chi connectivity index (χ1) is 13.0. The van der Waals surface area contributed by atoms with E-state index in [1.165, 1.54) is 6.92 Å². The molecular weight excluding hydrogens is 344 g/mol. The lowest BCUT2D eigenvalue weighted by Gasteiger charge is -2.33. The minimum atomic E-state index is -0.782. The Morgan fingerprint density at radius 3 is 2.74 bits per heavy atom. The second-order valence-electron chi connectivity index (χ2n) is 6.57. The molecule has 1 aliphatic rings. The average molecular weight is 364 g/mol. The number of fused-ring (bicyclic) bond motifs is 2. The smallest absolute Gasteiger partial charge is 0.263 e. The van der Waals surface area contributed by atoms with Crippen molar-refractivity contribution in [3.05, 3.63) is 54.4 Å². The van der Waals surface area contributed by atoms with Gasteiger partial charge in [0.15, 0.2) is 6.10 Å². The minimum absolute atomic E-state index is 0.131. The van der Waals surface area contributed by atoms with Gasteiger partial charge in [0.25, 0.3) is 5.91 Å². The second-order valence-corrected chi connectivity index (χ2v) is 6.57. The molecule has 1 aliphatic heterocycles. The molecule has 0 fully saturated rings. The Morgan fingerprint density at radius 1 is 1.22 bits per heavy atom.